The van der Waals surface area contributed by atoms with Crippen LogP contribution in [0.2, 0.25) is 5.02 Å². The normalized spacial score (nSPS) is 20.0. The predicted octanol–water partition coefficient (Wildman–Crippen LogP) is 1.69. The molecule has 5 nitrogen and oxygen atoms in total. The topological polar surface area (TPSA) is 59.1 Å². The Morgan fingerprint density at radius 3 is 3.18 bits per heavy atom. The van der Waals surface area contributed by atoms with Gasteiger partial charge >= 0.3 is 6.01 Å². The van der Waals surface area contributed by atoms with Crippen molar-refractivity contribution in [1.82, 2.24) is 15.3 Å². The zero-order chi connectivity index (χ0) is 12.1. The highest BCUT2D eigenvalue weighted by atomic mass is 35.5. The molecule has 1 aliphatic rings. The summed E-state index contributed by atoms with van der Waals surface area (Å²) in [6.45, 7) is 1.91. The van der Waals surface area contributed by atoms with Crippen LogP contribution in [0, 0.1) is 0 Å². The van der Waals surface area contributed by atoms with Gasteiger partial charge in [0.25, 0.3) is 0 Å². The van der Waals surface area contributed by atoms with Gasteiger partial charge in [-0.15, -0.1) is 0 Å². The molecule has 1 aliphatic heterocycles. The summed E-state index contributed by atoms with van der Waals surface area (Å²) in [6.07, 6.45) is 5.27. The number of halogens is 1. The second-order valence-electron chi connectivity index (χ2n) is 4.08. The molecule has 2 heterocycles. The molecule has 1 atom stereocenters. The van der Waals surface area contributed by atoms with E-state index in [1.54, 1.807) is 6.20 Å². The fourth-order valence-corrected chi connectivity index (χ4v) is 2.05. The van der Waals surface area contributed by atoms with Crippen molar-refractivity contribution in [2.45, 2.75) is 25.3 Å². The van der Waals surface area contributed by atoms with Gasteiger partial charge in [0.2, 0.25) is 0 Å². The summed E-state index contributed by atoms with van der Waals surface area (Å²) < 4.78 is 4.97. The van der Waals surface area contributed by atoms with Crippen LogP contribution in [0.3, 0.4) is 0 Å². The molecule has 2 N–H and O–H groups in total. The lowest BCUT2D eigenvalue weighted by atomic mass is 10.1. The molecule has 1 saturated heterocycles. The predicted molar refractivity (Wildman–Crippen MR) is 67.7 cm³/mol. The monoisotopic (exact) mass is 256 g/mol. The van der Waals surface area contributed by atoms with Crippen molar-refractivity contribution in [2.75, 3.05) is 25.5 Å². The van der Waals surface area contributed by atoms with Gasteiger partial charge in [0.1, 0.15) is 5.02 Å². The standard InChI is InChI=1S/C11H17ClN4O/c1-17-11-15-7-9(12)10(16-11)14-6-8-4-2-3-5-13-8/h7-8,13H,2-6H2,1H3,(H,14,15,16). The van der Waals surface area contributed by atoms with Crippen LogP contribution in [0.5, 0.6) is 6.01 Å². The third kappa shape index (κ3) is 3.44. The smallest absolute Gasteiger partial charge is 0.318 e. The van der Waals surface area contributed by atoms with Crippen molar-refractivity contribution < 1.29 is 4.74 Å². The van der Waals surface area contributed by atoms with Crippen molar-refractivity contribution in [3.05, 3.63) is 11.2 Å². The molecule has 0 aliphatic carbocycles. The van der Waals surface area contributed by atoms with Crippen molar-refractivity contribution in [3.63, 3.8) is 0 Å². The Balaban J connectivity index is 1.92. The van der Waals surface area contributed by atoms with E-state index in [-0.39, 0.29) is 0 Å². The number of hydrogen-bond acceptors (Lipinski definition) is 5. The molecule has 6 heteroatoms. The summed E-state index contributed by atoms with van der Waals surface area (Å²) in [4.78, 5) is 8.10. The molecular formula is C11H17ClN4O. The number of aromatic nitrogens is 2. The Morgan fingerprint density at radius 1 is 1.59 bits per heavy atom. The average Bonchev–Trinajstić information content (AvgIpc) is 2.39. The minimum atomic E-state index is 0.327. The number of rotatable bonds is 4. The molecule has 0 bridgehead atoms. The van der Waals surface area contributed by atoms with E-state index >= 15 is 0 Å². The zero-order valence-electron chi connectivity index (χ0n) is 9.87. The summed E-state index contributed by atoms with van der Waals surface area (Å²) in [7, 11) is 1.54. The number of hydrogen-bond donors (Lipinski definition) is 2. The highest BCUT2D eigenvalue weighted by Crippen LogP contribution is 2.20. The summed E-state index contributed by atoms with van der Waals surface area (Å²) >= 11 is 6.01. The van der Waals surface area contributed by atoms with Gasteiger partial charge in [-0.3, -0.25) is 0 Å². The third-order valence-corrected chi connectivity index (χ3v) is 3.11. The maximum Gasteiger partial charge on any atom is 0.318 e. The fourth-order valence-electron chi connectivity index (χ4n) is 1.89. The first-order valence-corrected chi connectivity index (χ1v) is 6.21. The number of anilines is 1. The van der Waals surface area contributed by atoms with Gasteiger partial charge in [0.15, 0.2) is 5.82 Å². The van der Waals surface area contributed by atoms with Gasteiger partial charge in [0, 0.05) is 12.6 Å². The summed E-state index contributed by atoms with van der Waals surface area (Å²) in [5.74, 6) is 0.630. The third-order valence-electron chi connectivity index (χ3n) is 2.83. The van der Waals surface area contributed by atoms with Crippen LogP contribution >= 0.6 is 11.6 Å². The van der Waals surface area contributed by atoms with Crippen LogP contribution in [0.4, 0.5) is 5.82 Å². The van der Waals surface area contributed by atoms with E-state index < -0.39 is 0 Å². The lowest BCUT2D eigenvalue weighted by Crippen LogP contribution is -2.39. The molecule has 94 valence electrons. The van der Waals surface area contributed by atoms with E-state index in [9.17, 15) is 0 Å². The van der Waals surface area contributed by atoms with E-state index in [0.29, 0.717) is 22.9 Å². The Morgan fingerprint density at radius 2 is 2.47 bits per heavy atom. The molecule has 0 spiro atoms. The lowest BCUT2D eigenvalue weighted by molar-refractivity contribution is 0.380. The quantitative estimate of drug-likeness (QED) is 0.859. The first-order chi connectivity index (χ1) is 8.29. The van der Waals surface area contributed by atoms with Crippen LogP contribution in [-0.4, -0.2) is 36.2 Å². The van der Waals surface area contributed by atoms with E-state index in [0.717, 1.165) is 13.1 Å². The Kier molecular flexibility index (Phi) is 4.39. The van der Waals surface area contributed by atoms with E-state index in [2.05, 4.69) is 20.6 Å². The number of ether oxygens (including phenoxy) is 1. The minimum absolute atomic E-state index is 0.327. The van der Waals surface area contributed by atoms with Gasteiger partial charge in [0.05, 0.1) is 13.3 Å². The highest BCUT2D eigenvalue weighted by Gasteiger charge is 2.13. The summed E-state index contributed by atoms with van der Waals surface area (Å²) in [5.41, 5.74) is 0. The first-order valence-electron chi connectivity index (χ1n) is 5.83. The van der Waals surface area contributed by atoms with Crippen LogP contribution < -0.4 is 15.4 Å². The number of nitrogens with one attached hydrogen (secondary N) is 2. The molecule has 17 heavy (non-hydrogen) atoms. The summed E-state index contributed by atoms with van der Waals surface area (Å²) in [5, 5.41) is 7.20. The van der Waals surface area contributed by atoms with Gasteiger partial charge < -0.3 is 15.4 Å². The lowest BCUT2D eigenvalue weighted by Gasteiger charge is -2.23. The first kappa shape index (κ1) is 12.4. The number of methoxy groups -OCH3 is 1. The van der Waals surface area contributed by atoms with Gasteiger partial charge in [-0.25, -0.2) is 4.98 Å². The second-order valence-corrected chi connectivity index (χ2v) is 4.49. The minimum Gasteiger partial charge on any atom is -0.467 e. The maximum atomic E-state index is 6.01. The molecule has 1 aromatic rings. The van der Waals surface area contributed by atoms with Gasteiger partial charge in [-0.05, 0) is 19.4 Å². The molecule has 1 fully saturated rings. The largest absolute Gasteiger partial charge is 0.467 e. The van der Waals surface area contributed by atoms with Crippen LogP contribution in [0.15, 0.2) is 6.20 Å². The van der Waals surface area contributed by atoms with E-state index in [4.69, 9.17) is 16.3 Å². The molecule has 0 radical (unpaired) electrons. The van der Waals surface area contributed by atoms with Crippen molar-refractivity contribution in [2.24, 2.45) is 0 Å². The number of piperidine rings is 1. The molecule has 1 aromatic heterocycles. The van der Waals surface area contributed by atoms with Crippen molar-refractivity contribution in [1.29, 1.82) is 0 Å². The van der Waals surface area contributed by atoms with Gasteiger partial charge in [-0.1, -0.05) is 18.0 Å². The number of nitrogens with zero attached hydrogens (tertiary/aromatic N) is 2. The molecule has 1 unspecified atom stereocenters. The highest BCUT2D eigenvalue weighted by molar-refractivity contribution is 6.32. The molecular weight excluding hydrogens is 240 g/mol. The summed E-state index contributed by atoms with van der Waals surface area (Å²) in [6, 6.07) is 0.814. The molecule has 0 aromatic carbocycles. The van der Waals surface area contributed by atoms with Crippen LogP contribution in [0.1, 0.15) is 19.3 Å². The molecule has 0 saturated carbocycles. The maximum absolute atomic E-state index is 6.01. The Labute approximate surface area is 106 Å². The molecule has 0 amide bonds. The Bertz CT molecular complexity index is 368. The average molecular weight is 257 g/mol. The van der Waals surface area contributed by atoms with Gasteiger partial charge in [-0.2, -0.15) is 4.98 Å². The second kappa shape index (κ2) is 6.02. The van der Waals surface area contributed by atoms with Crippen LogP contribution in [-0.2, 0) is 0 Å². The van der Waals surface area contributed by atoms with Crippen molar-refractivity contribution >= 4 is 17.4 Å². The van der Waals surface area contributed by atoms with Crippen molar-refractivity contribution in [3.8, 4) is 6.01 Å². The Hall–Kier alpha value is -1.07. The molecule has 2 rings (SSSR count). The zero-order valence-corrected chi connectivity index (χ0v) is 10.6. The van der Waals surface area contributed by atoms with E-state index in [1.165, 1.54) is 26.4 Å². The van der Waals surface area contributed by atoms with E-state index in [1.807, 2.05) is 0 Å². The SMILES string of the molecule is COc1ncc(Cl)c(NCC2CCCCN2)n1. The van der Waals surface area contributed by atoms with Crippen LogP contribution in [0.25, 0.3) is 0 Å². The fraction of sp³-hybridized carbons (Fsp3) is 0.636.